The van der Waals surface area contributed by atoms with E-state index in [-0.39, 0.29) is 34.2 Å². The van der Waals surface area contributed by atoms with Crippen LogP contribution in [-0.4, -0.2) is 54.5 Å². The van der Waals surface area contributed by atoms with Gasteiger partial charge in [-0.15, -0.1) is 0 Å². The van der Waals surface area contributed by atoms with Crippen molar-refractivity contribution in [3.8, 4) is 5.75 Å². The van der Waals surface area contributed by atoms with E-state index in [9.17, 15) is 17.6 Å². The van der Waals surface area contributed by atoms with Crippen LogP contribution in [0.1, 0.15) is 45.9 Å². The average molecular weight is 610 g/mol. The minimum atomic E-state index is -4.36. The van der Waals surface area contributed by atoms with E-state index < -0.39 is 27.9 Å². The molecule has 2 aliphatic heterocycles. The molecule has 13 heteroatoms. The Hall–Kier alpha value is -3.87. The summed E-state index contributed by atoms with van der Waals surface area (Å²) in [5.41, 5.74) is 0.307. The first-order valence-electron chi connectivity index (χ1n) is 13.5. The number of fused-ring (bicyclic) bond motifs is 3. The van der Waals surface area contributed by atoms with Gasteiger partial charge in [-0.2, -0.15) is 0 Å². The summed E-state index contributed by atoms with van der Waals surface area (Å²) in [5, 5.41) is 3.57. The Bertz CT molecular complexity index is 1850. The van der Waals surface area contributed by atoms with E-state index >= 15 is 0 Å². The lowest BCUT2D eigenvalue weighted by molar-refractivity contribution is 0.0947. The van der Waals surface area contributed by atoms with Crippen LogP contribution in [0.3, 0.4) is 0 Å². The van der Waals surface area contributed by atoms with E-state index in [1.54, 1.807) is 12.3 Å². The molecule has 0 spiro atoms. The summed E-state index contributed by atoms with van der Waals surface area (Å²) >= 11 is 6.27. The number of anilines is 2. The Morgan fingerprint density at radius 2 is 2.00 bits per heavy atom. The third-order valence-corrected chi connectivity index (χ3v) is 9.73. The number of halogens is 2. The number of alkyl halides is 1. The molecule has 7 rings (SSSR count). The Morgan fingerprint density at radius 3 is 2.83 bits per heavy atom. The molecule has 5 heterocycles. The summed E-state index contributed by atoms with van der Waals surface area (Å²) in [6.45, 7) is 0.392. The number of benzene rings is 1. The van der Waals surface area contributed by atoms with Crippen molar-refractivity contribution in [2.75, 3.05) is 24.7 Å². The van der Waals surface area contributed by atoms with Crippen molar-refractivity contribution in [1.82, 2.24) is 20.3 Å². The molecule has 216 valence electrons. The second kappa shape index (κ2) is 10.4. The van der Waals surface area contributed by atoms with E-state index in [1.165, 1.54) is 24.5 Å². The third-order valence-electron chi connectivity index (χ3n) is 7.61. The number of hydrogen-bond donors (Lipinski definition) is 1. The van der Waals surface area contributed by atoms with Gasteiger partial charge in [0.1, 0.15) is 12.4 Å². The highest BCUT2D eigenvalue weighted by atomic mass is 35.5. The second-order valence-corrected chi connectivity index (χ2v) is 12.9. The normalized spacial score (nSPS) is 19.4. The lowest BCUT2D eigenvalue weighted by Crippen LogP contribution is -2.30. The highest BCUT2D eigenvalue weighted by molar-refractivity contribution is 7.92. The standard InChI is InChI=1S/C29H25ClFN5O5S/c30-22-7-18(9-25-21(22)14-40-15-26(31)42(25,38)39)29(37)34-13-20-10-23-17(11-32-20)3-4-27(35-23)36-5-6-41-24-8-19(16-1-2-16)12-33-28(24)36/h3-4,7-12,16,26H,1-2,5-6,13-15H2,(H,34,37)/t26-/m1/s1. The molecule has 0 unspecified atom stereocenters. The van der Waals surface area contributed by atoms with Gasteiger partial charge in [-0.25, -0.2) is 22.8 Å². The Labute approximate surface area is 245 Å². The van der Waals surface area contributed by atoms with Crippen molar-refractivity contribution < 1.29 is 27.1 Å². The monoisotopic (exact) mass is 609 g/mol. The van der Waals surface area contributed by atoms with E-state index in [0.717, 1.165) is 28.8 Å². The number of pyridine rings is 3. The van der Waals surface area contributed by atoms with Gasteiger partial charge in [-0.3, -0.25) is 9.78 Å². The molecule has 0 saturated heterocycles. The molecule has 4 aromatic rings. The summed E-state index contributed by atoms with van der Waals surface area (Å²) in [6, 6.07) is 10.2. The van der Waals surface area contributed by atoms with Gasteiger partial charge in [0.15, 0.2) is 11.6 Å². The first-order valence-corrected chi connectivity index (χ1v) is 15.4. The predicted molar refractivity (Wildman–Crippen MR) is 153 cm³/mol. The van der Waals surface area contributed by atoms with E-state index in [1.807, 2.05) is 23.2 Å². The highest BCUT2D eigenvalue weighted by Crippen LogP contribution is 2.43. The lowest BCUT2D eigenvalue weighted by atomic mass is 10.1. The fourth-order valence-corrected chi connectivity index (χ4v) is 6.85. The molecule has 3 aromatic heterocycles. The van der Waals surface area contributed by atoms with Gasteiger partial charge < -0.3 is 19.7 Å². The number of aromatic nitrogens is 3. The van der Waals surface area contributed by atoms with Crippen LogP contribution in [-0.2, 0) is 27.7 Å². The van der Waals surface area contributed by atoms with Gasteiger partial charge in [0, 0.05) is 33.9 Å². The Balaban J connectivity index is 1.11. The summed E-state index contributed by atoms with van der Waals surface area (Å²) in [5.74, 6) is 2.19. The molecule has 0 bridgehead atoms. The van der Waals surface area contributed by atoms with Gasteiger partial charge in [0.25, 0.3) is 5.91 Å². The molecule has 1 N–H and O–H groups in total. The number of nitrogens with one attached hydrogen (secondary N) is 1. The molecule has 10 nitrogen and oxygen atoms in total. The fraction of sp³-hybridized carbons (Fsp3) is 0.310. The van der Waals surface area contributed by atoms with Crippen LogP contribution in [0.4, 0.5) is 16.0 Å². The number of amides is 1. The molecule has 1 aromatic carbocycles. The number of sulfone groups is 1. The van der Waals surface area contributed by atoms with E-state index in [2.05, 4.69) is 16.4 Å². The van der Waals surface area contributed by atoms with Gasteiger partial charge >= 0.3 is 0 Å². The van der Waals surface area contributed by atoms with Gasteiger partial charge in [0.05, 0.1) is 42.4 Å². The number of hydrogen-bond acceptors (Lipinski definition) is 9. The van der Waals surface area contributed by atoms with Crippen molar-refractivity contribution in [2.24, 2.45) is 0 Å². The maximum Gasteiger partial charge on any atom is 0.251 e. The summed E-state index contributed by atoms with van der Waals surface area (Å²) in [4.78, 5) is 28.6. The van der Waals surface area contributed by atoms with Crippen LogP contribution in [0.2, 0.25) is 5.02 Å². The molecule has 3 aliphatic rings. The second-order valence-electron chi connectivity index (χ2n) is 10.5. The van der Waals surface area contributed by atoms with Gasteiger partial charge in [-0.1, -0.05) is 11.6 Å². The zero-order valence-electron chi connectivity index (χ0n) is 22.2. The molecule has 1 fully saturated rings. The van der Waals surface area contributed by atoms with Crippen molar-refractivity contribution in [2.45, 2.75) is 42.3 Å². The topological polar surface area (TPSA) is 124 Å². The van der Waals surface area contributed by atoms with Crippen LogP contribution in [0, 0.1) is 0 Å². The van der Waals surface area contributed by atoms with Gasteiger partial charge in [0.2, 0.25) is 15.3 Å². The first kappa shape index (κ1) is 27.0. The fourth-order valence-electron chi connectivity index (χ4n) is 5.16. The van der Waals surface area contributed by atoms with Crippen molar-refractivity contribution in [3.05, 3.63) is 76.2 Å². The smallest absolute Gasteiger partial charge is 0.251 e. The predicted octanol–water partition coefficient (Wildman–Crippen LogP) is 4.62. The van der Waals surface area contributed by atoms with E-state index in [0.29, 0.717) is 30.3 Å². The SMILES string of the molecule is O=C(NCc1cc2nc(N3CCOc4cc(C5CC5)cnc43)ccc2cn1)c1cc(Cl)c2c(c1)S(=O)(=O)[C@@H](F)COC2. The molecular formula is C29H25ClFN5O5S. The number of ether oxygens (including phenoxy) is 2. The maximum absolute atomic E-state index is 14.2. The van der Waals surface area contributed by atoms with Crippen LogP contribution >= 0.6 is 11.6 Å². The maximum atomic E-state index is 14.2. The summed E-state index contributed by atoms with van der Waals surface area (Å²) in [7, 11) is -4.36. The number of rotatable bonds is 5. The summed E-state index contributed by atoms with van der Waals surface area (Å²) in [6.07, 6.45) is 5.96. The minimum absolute atomic E-state index is 0.0128. The molecule has 1 atom stereocenters. The Morgan fingerprint density at radius 1 is 1.14 bits per heavy atom. The van der Waals surface area contributed by atoms with Gasteiger partial charge in [-0.05, 0) is 60.7 Å². The zero-order valence-corrected chi connectivity index (χ0v) is 23.8. The molecule has 42 heavy (non-hydrogen) atoms. The van der Waals surface area contributed by atoms with Crippen LogP contribution in [0.25, 0.3) is 10.9 Å². The van der Waals surface area contributed by atoms with Crippen LogP contribution in [0.15, 0.2) is 53.7 Å². The number of carbonyl (C=O) groups is 1. The molecule has 1 aliphatic carbocycles. The third kappa shape index (κ3) is 4.93. The lowest BCUT2D eigenvalue weighted by Gasteiger charge is -2.29. The summed E-state index contributed by atoms with van der Waals surface area (Å²) < 4.78 is 50.5. The molecule has 1 amide bonds. The van der Waals surface area contributed by atoms with Crippen LogP contribution in [0.5, 0.6) is 5.75 Å². The van der Waals surface area contributed by atoms with Crippen molar-refractivity contribution in [1.29, 1.82) is 0 Å². The molecular weight excluding hydrogens is 585 g/mol. The molecule has 0 radical (unpaired) electrons. The Kier molecular flexibility index (Phi) is 6.71. The average Bonchev–Trinajstić information content (AvgIpc) is 3.85. The van der Waals surface area contributed by atoms with Crippen molar-refractivity contribution in [3.63, 3.8) is 0 Å². The quantitative estimate of drug-likeness (QED) is 0.345. The van der Waals surface area contributed by atoms with Crippen LogP contribution < -0.4 is 15.0 Å². The zero-order chi connectivity index (χ0) is 29.0. The number of nitrogens with zero attached hydrogens (tertiary/aromatic N) is 4. The highest BCUT2D eigenvalue weighted by Gasteiger charge is 2.34. The van der Waals surface area contributed by atoms with Crippen molar-refractivity contribution >= 4 is 49.9 Å². The largest absolute Gasteiger partial charge is 0.488 e. The molecule has 1 saturated carbocycles. The number of carbonyl (C=O) groups excluding carboxylic acids is 1. The minimum Gasteiger partial charge on any atom is -0.488 e. The first-order chi connectivity index (χ1) is 20.3. The van der Waals surface area contributed by atoms with E-state index in [4.69, 9.17) is 31.0 Å².